The van der Waals surface area contributed by atoms with Crippen LogP contribution in [0.4, 0.5) is 5.69 Å². The first kappa shape index (κ1) is 24.3. The van der Waals surface area contributed by atoms with Crippen LogP contribution in [0.2, 0.25) is 0 Å². The summed E-state index contributed by atoms with van der Waals surface area (Å²) in [6, 6.07) is 18.5. The molecule has 1 aliphatic rings. The standard InChI is InChI=1S/C30H27NO6/c1-4-5-15-36-30(34)19-10-12-21(13-11-19)31-26(20-7-6-8-22(17-20)35-3)25-27(32)23-16-18(2)9-14-24(23)37-28(25)29(31)33/h6-14,16-17,26H,4-5,15H2,1-3H3. The van der Waals surface area contributed by atoms with Gasteiger partial charge in [0, 0.05) is 5.69 Å². The lowest BCUT2D eigenvalue weighted by atomic mass is 9.97. The van der Waals surface area contributed by atoms with Crippen LogP contribution in [0.25, 0.3) is 11.0 Å². The number of rotatable bonds is 7. The number of benzene rings is 3. The van der Waals surface area contributed by atoms with Gasteiger partial charge in [-0.1, -0.05) is 37.1 Å². The normalized spacial score (nSPS) is 14.6. The molecule has 0 radical (unpaired) electrons. The van der Waals surface area contributed by atoms with Gasteiger partial charge in [0.15, 0.2) is 5.43 Å². The Morgan fingerprint density at radius 1 is 1.03 bits per heavy atom. The van der Waals surface area contributed by atoms with E-state index in [1.165, 1.54) is 4.90 Å². The van der Waals surface area contributed by atoms with E-state index in [1.807, 2.05) is 32.0 Å². The number of hydrogen-bond donors (Lipinski definition) is 0. The smallest absolute Gasteiger partial charge is 0.338 e. The van der Waals surface area contributed by atoms with Crippen LogP contribution >= 0.6 is 0 Å². The number of nitrogens with zero attached hydrogens (tertiary/aromatic N) is 1. The van der Waals surface area contributed by atoms with Crippen molar-refractivity contribution in [1.29, 1.82) is 0 Å². The Bertz CT molecular complexity index is 1550. The number of anilines is 1. The van der Waals surface area contributed by atoms with Gasteiger partial charge >= 0.3 is 5.97 Å². The lowest BCUT2D eigenvalue weighted by Gasteiger charge is -2.25. The molecule has 1 aromatic heterocycles. The summed E-state index contributed by atoms with van der Waals surface area (Å²) in [5, 5.41) is 0.423. The molecule has 4 aromatic rings. The van der Waals surface area contributed by atoms with Gasteiger partial charge in [-0.3, -0.25) is 14.5 Å². The Labute approximate surface area is 214 Å². The van der Waals surface area contributed by atoms with Gasteiger partial charge in [0.1, 0.15) is 11.3 Å². The third-order valence-electron chi connectivity index (χ3n) is 6.55. The average Bonchev–Trinajstić information content (AvgIpc) is 3.21. The Hall–Kier alpha value is -4.39. The number of unbranched alkanes of at least 4 members (excludes halogenated alkanes) is 1. The van der Waals surface area contributed by atoms with E-state index in [2.05, 4.69) is 0 Å². The van der Waals surface area contributed by atoms with Crippen molar-refractivity contribution >= 4 is 28.5 Å². The Morgan fingerprint density at radius 3 is 2.54 bits per heavy atom. The van der Waals surface area contributed by atoms with Crippen LogP contribution in [0.15, 0.2) is 75.9 Å². The zero-order valence-corrected chi connectivity index (χ0v) is 20.9. The molecule has 3 aromatic carbocycles. The summed E-state index contributed by atoms with van der Waals surface area (Å²) in [5.41, 5.74) is 2.92. The van der Waals surface area contributed by atoms with E-state index in [-0.39, 0.29) is 16.8 Å². The van der Waals surface area contributed by atoms with E-state index in [4.69, 9.17) is 13.9 Å². The van der Waals surface area contributed by atoms with E-state index in [9.17, 15) is 14.4 Å². The summed E-state index contributed by atoms with van der Waals surface area (Å²) in [4.78, 5) is 41.4. The summed E-state index contributed by atoms with van der Waals surface area (Å²) >= 11 is 0. The summed E-state index contributed by atoms with van der Waals surface area (Å²) < 4.78 is 16.7. The molecule has 188 valence electrons. The van der Waals surface area contributed by atoms with Crippen LogP contribution in [-0.4, -0.2) is 25.6 Å². The van der Waals surface area contributed by atoms with Crippen LogP contribution in [0.5, 0.6) is 5.75 Å². The maximum atomic E-state index is 13.8. The van der Waals surface area contributed by atoms with Crippen molar-refractivity contribution in [2.75, 3.05) is 18.6 Å². The fraction of sp³-hybridized carbons (Fsp3) is 0.233. The number of hydrogen-bond acceptors (Lipinski definition) is 6. The monoisotopic (exact) mass is 497 g/mol. The number of fused-ring (bicyclic) bond motifs is 2. The van der Waals surface area contributed by atoms with E-state index >= 15 is 0 Å². The van der Waals surface area contributed by atoms with E-state index in [0.717, 1.165) is 18.4 Å². The van der Waals surface area contributed by atoms with Gasteiger partial charge in [-0.15, -0.1) is 0 Å². The molecule has 0 saturated heterocycles. The van der Waals surface area contributed by atoms with Gasteiger partial charge in [0.05, 0.1) is 36.3 Å². The van der Waals surface area contributed by atoms with Crippen molar-refractivity contribution in [3.63, 3.8) is 0 Å². The van der Waals surface area contributed by atoms with Crippen LogP contribution < -0.4 is 15.1 Å². The molecule has 0 spiro atoms. The molecule has 7 heteroatoms. The molecule has 1 aliphatic heterocycles. The van der Waals surface area contributed by atoms with Crippen molar-refractivity contribution in [3.05, 3.63) is 105 Å². The fourth-order valence-corrected chi connectivity index (χ4v) is 4.63. The first-order chi connectivity index (χ1) is 17.9. The maximum absolute atomic E-state index is 13.8. The highest BCUT2D eigenvalue weighted by atomic mass is 16.5. The van der Waals surface area contributed by atoms with E-state index < -0.39 is 17.9 Å². The summed E-state index contributed by atoms with van der Waals surface area (Å²) in [7, 11) is 1.56. The SMILES string of the molecule is CCCCOC(=O)c1ccc(N2C(=O)c3oc4ccc(C)cc4c(=O)c3C2c2cccc(OC)c2)cc1. The third-order valence-corrected chi connectivity index (χ3v) is 6.55. The summed E-state index contributed by atoms with van der Waals surface area (Å²) in [5.74, 6) is -0.235. The Kier molecular flexibility index (Phi) is 6.53. The van der Waals surface area contributed by atoms with Crippen molar-refractivity contribution in [1.82, 2.24) is 0 Å². The quantitative estimate of drug-likeness (QED) is 0.236. The number of amides is 1. The summed E-state index contributed by atoms with van der Waals surface area (Å²) in [6.07, 6.45) is 1.72. The summed E-state index contributed by atoms with van der Waals surface area (Å²) in [6.45, 7) is 4.28. The first-order valence-electron chi connectivity index (χ1n) is 12.2. The highest BCUT2D eigenvalue weighted by Crippen LogP contribution is 2.42. The lowest BCUT2D eigenvalue weighted by Crippen LogP contribution is -2.29. The Morgan fingerprint density at radius 2 is 1.81 bits per heavy atom. The van der Waals surface area contributed by atoms with Gasteiger partial charge in [0.2, 0.25) is 5.76 Å². The van der Waals surface area contributed by atoms with Gasteiger partial charge in [0.25, 0.3) is 5.91 Å². The molecule has 0 saturated carbocycles. The minimum atomic E-state index is -0.735. The zero-order chi connectivity index (χ0) is 26.1. The predicted octanol–water partition coefficient (Wildman–Crippen LogP) is 5.82. The molecule has 0 bridgehead atoms. The van der Waals surface area contributed by atoms with Crippen molar-refractivity contribution in [2.24, 2.45) is 0 Å². The van der Waals surface area contributed by atoms with Gasteiger partial charge < -0.3 is 13.9 Å². The molecule has 0 aliphatic carbocycles. The second-order valence-corrected chi connectivity index (χ2v) is 9.06. The number of aryl methyl sites for hydroxylation is 1. The molecule has 1 atom stereocenters. The molecule has 0 N–H and O–H groups in total. The van der Waals surface area contributed by atoms with Crippen LogP contribution in [0, 0.1) is 6.92 Å². The third kappa shape index (κ3) is 4.37. The molecule has 1 amide bonds. The number of methoxy groups -OCH3 is 1. The highest BCUT2D eigenvalue weighted by molar-refractivity contribution is 6.10. The topological polar surface area (TPSA) is 86.0 Å². The number of esters is 1. The van der Waals surface area contributed by atoms with E-state index in [0.29, 0.717) is 40.1 Å². The molecule has 1 unspecified atom stereocenters. The minimum Gasteiger partial charge on any atom is -0.497 e. The second kappa shape index (κ2) is 9.93. The first-order valence-corrected chi connectivity index (χ1v) is 12.2. The molecule has 2 heterocycles. The van der Waals surface area contributed by atoms with Crippen LogP contribution in [0.1, 0.15) is 63.4 Å². The minimum absolute atomic E-state index is 0.0113. The molecule has 5 rings (SSSR count). The average molecular weight is 498 g/mol. The zero-order valence-electron chi connectivity index (χ0n) is 20.9. The molecular weight excluding hydrogens is 470 g/mol. The maximum Gasteiger partial charge on any atom is 0.338 e. The lowest BCUT2D eigenvalue weighted by molar-refractivity contribution is 0.0499. The largest absolute Gasteiger partial charge is 0.497 e. The van der Waals surface area contributed by atoms with Crippen molar-refractivity contribution in [2.45, 2.75) is 32.7 Å². The number of carbonyl (C=O) groups excluding carboxylic acids is 2. The molecule has 7 nitrogen and oxygen atoms in total. The predicted molar refractivity (Wildman–Crippen MR) is 140 cm³/mol. The number of carbonyl (C=O) groups is 2. The molecule has 0 fully saturated rings. The fourth-order valence-electron chi connectivity index (χ4n) is 4.63. The van der Waals surface area contributed by atoms with Crippen LogP contribution in [0.3, 0.4) is 0 Å². The van der Waals surface area contributed by atoms with Gasteiger partial charge in [-0.05, 0) is 67.4 Å². The highest BCUT2D eigenvalue weighted by Gasteiger charge is 2.43. The van der Waals surface area contributed by atoms with E-state index in [1.54, 1.807) is 55.6 Å². The molecular formula is C30H27NO6. The van der Waals surface area contributed by atoms with Crippen LogP contribution in [-0.2, 0) is 4.74 Å². The van der Waals surface area contributed by atoms with Gasteiger partial charge in [-0.25, -0.2) is 4.79 Å². The second-order valence-electron chi connectivity index (χ2n) is 9.06. The Balaban J connectivity index is 1.63. The van der Waals surface area contributed by atoms with Crippen molar-refractivity contribution in [3.8, 4) is 5.75 Å². The van der Waals surface area contributed by atoms with Crippen molar-refractivity contribution < 1.29 is 23.5 Å². The van der Waals surface area contributed by atoms with Gasteiger partial charge in [-0.2, -0.15) is 0 Å². The number of ether oxygens (including phenoxy) is 2. The molecule has 37 heavy (non-hydrogen) atoms.